The van der Waals surface area contributed by atoms with Crippen molar-refractivity contribution < 1.29 is 0 Å². The second-order valence-electron chi connectivity index (χ2n) is 2.95. The smallest absolute Gasteiger partial charge is 0.172 e. The maximum atomic E-state index is 5.11. The molecule has 3 heteroatoms. The molecule has 0 amide bonds. The minimum Gasteiger partial charge on any atom is -0.365 e. The van der Waals surface area contributed by atoms with Crippen LogP contribution in [0, 0.1) is 6.92 Å². The zero-order valence-electron chi connectivity index (χ0n) is 8.16. The zero-order valence-corrected chi connectivity index (χ0v) is 8.98. The van der Waals surface area contributed by atoms with Crippen molar-refractivity contribution in [3.63, 3.8) is 0 Å². The summed E-state index contributed by atoms with van der Waals surface area (Å²) in [6.45, 7) is 2.07. The number of nitrogens with zero attached hydrogens (tertiary/aromatic N) is 1. The number of hydrogen-bond donors (Lipinski definition) is 1. The van der Waals surface area contributed by atoms with Gasteiger partial charge in [-0.2, -0.15) is 0 Å². The highest BCUT2D eigenvalue weighted by Gasteiger charge is 2.03. The average Bonchev–Trinajstić information content (AvgIpc) is 2.17. The Bertz CT molecular complexity index is 292. The first-order chi connectivity index (χ1) is 6.15. The second-order valence-corrected chi connectivity index (χ2v) is 3.34. The summed E-state index contributed by atoms with van der Waals surface area (Å²) in [5.74, 6) is 0. The summed E-state index contributed by atoms with van der Waals surface area (Å²) < 4.78 is 0. The van der Waals surface area contributed by atoms with Crippen LogP contribution in [-0.4, -0.2) is 19.2 Å². The lowest BCUT2D eigenvalue weighted by Crippen LogP contribution is -2.34. The normalized spacial score (nSPS) is 9.46. The van der Waals surface area contributed by atoms with E-state index < -0.39 is 0 Å². The molecule has 0 radical (unpaired) electrons. The molecule has 13 heavy (non-hydrogen) atoms. The Labute approximate surface area is 84.6 Å². The van der Waals surface area contributed by atoms with Gasteiger partial charge in [0, 0.05) is 19.8 Å². The Balaban J connectivity index is 2.83. The minimum atomic E-state index is 0.726. The highest BCUT2D eigenvalue weighted by molar-refractivity contribution is 7.80. The molecule has 1 rings (SSSR count). The number of nitrogens with one attached hydrogen (secondary N) is 1. The molecule has 0 aliphatic rings. The summed E-state index contributed by atoms with van der Waals surface area (Å²) in [4.78, 5) is 1.94. The molecule has 2 nitrogen and oxygen atoms in total. The van der Waals surface area contributed by atoms with E-state index in [1.165, 1.54) is 5.56 Å². The van der Waals surface area contributed by atoms with Crippen LogP contribution in [0.3, 0.4) is 0 Å². The summed E-state index contributed by atoms with van der Waals surface area (Å²) in [6.07, 6.45) is 0. The van der Waals surface area contributed by atoms with Gasteiger partial charge in [0.2, 0.25) is 0 Å². The first kappa shape index (κ1) is 9.99. The molecule has 0 aliphatic carbocycles. The maximum Gasteiger partial charge on any atom is 0.172 e. The van der Waals surface area contributed by atoms with Gasteiger partial charge in [0.05, 0.1) is 0 Å². The fourth-order valence-electron chi connectivity index (χ4n) is 1.05. The SMILES string of the molecule is CNC(=S)N(C)c1ccc(C)cc1. The lowest BCUT2D eigenvalue weighted by atomic mass is 10.2. The Morgan fingerprint density at radius 2 is 1.85 bits per heavy atom. The topological polar surface area (TPSA) is 15.3 Å². The van der Waals surface area contributed by atoms with Crippen molar-refractivity contribution in [2.24, 2.45) is 0 Å². The van der Waals surface area contributed by atoms with Crippen LogP contribution in [0.5, 0.6) is 0 Å². The second kappa shape index (κ2) is 4.23. The largest absolute Gasteiger partial charge is 0.365 e. The van der Waals surface area contributed by atoms with Gasteiger partial charge in [-0.25, -0.2) is 0 Å². The standard InChI is InChI=1S/C10H14N2S/c1-8-4-6-9(7-5-8)12(3)10(13)11-2/h4-7H,1-3H3,(H,11,13). The maximum absolute atomic E-state index is 5.11. The molecular weight excluding hydrogens is 180 g/mol. The lowest BCUT2D eigenvalue weighted by Gasteiger charge is -2.19. The average molecular weight is 194 g/mol. The third-order valence-corrected chi connectivity index (χ3v) is 2.42. The van der Waals surface area contributed by atoms with Gasteiger partial charge >= 0.3 is 0 Å². The first-order valence-electron chi connectivity index (χ1n) is 4.17. The lowest BCUT2D eigenvalue weighted by molar-refractivity contribution is 1.12. The van der Waals surface area contributed by atoms with Crippen molar-refractivity contribution in [3.8, 4) is 0 Å². The highest BCUT2D eigenvalue weighted by atomic mass is 32.1. The van der Waals surface area contributed by atoms with E-state index in [1.54, 1.807) is 0 Å². The van der Waals surface area contributed by atoms with Crippen LogP contribution in [-0.2, 0) is 0 Å². The van der Waals surface area contributed by atoms with E-state index in [4.69, 9.17) is 12.2 Å². The van der Waals surface area contributed by atoms with Gasteiger partial charge in [0.25, 0.3) is 0 Å². The third kappa shape index (κ3) is 2.42. The predicted molar refractivity (Wildman–Crippen MR) is 61.2 cm³/mol. The van der Waals surface area contributed by atoms with Gasteiger partial charge in [-0.15, -0.1) is 0 Å². The number of hydrogen-bond acceptors (Lipinski definition) is 1. The van der Waals surface area contributed by atoms with Crippen molar-refractivity contribution in [2.45, 2.75) is 6.92 Å². The van der Waals surface area contributed by atoms with Crippen LogP contribution in [0.1, 0.15) is 5.56 Å². The van der Waals surface area contributed by atoms with Crippen LogP contribution in [0.2, 0.25) is 0 Å². The molecular formula is C10H14N2S. The fourth-order valence-corrected chi connectivity index (χ4v) is 1.16. The number of aryl methyl sites for hydroxylation is 1. The molecule has 0 saturated heterocycles. The molecule has 70 valence electrons. The van der Waals surface area contributed by atoms with Crippen molar-refractivity contribution in [1.82, 2.24) is 5.32 Å². The van der Waals surface area contributed by atoms with E-state index in [2.05, 4.69) is 36.5 Å². The van der Waals surface area contributed by atoms with Gasteiger partial charge in [-0.3, -0.25) is 0 Å². The Morgan fingerprint density at radius 3 is 2.31 bits per heavy atom. The summed E-state index contributed by atoms with van der Waals surface area (Å²) in [5.41, 5.74) is 2.36. The fraction of sp³-hybridized carbons (Fsp3) is 0.300. The number of thiocarbonyl (C=S) groups is 1. The van der Waals surface area contributed by atoms with Crippen molar-refractivity contribution >= 4 is 23.0 Å². The summed E-state index contributed by atoms with van der Waals surface area (Å²) in [7, 11) is 3.77. The Hall–Kier alpha value is -1.09. The molecule has 0 fully saturated rings. The molecule has 0 atom stereocenters. The molecule has 1 N–H and O–H groups in total. The van der Waals surface area contributed by atoms with Crippen molar-refractivity contribution in [1.29, 1.82) is 0 Å². The quantitative estimate of drug-likeness (QED) is 0.688. The monoisotopic (exact) mass is 194 g/mol. The minimum absolute atomic E-state index is 0.726. The van der Waals surface area contributed by atoms with E-state index >= 15 is 0 Å². The molecule has 1 aromatic carbocycles. The molecule has 0 heterocycles. The van der Waals surface area contributed by atoms with Crippen LogP contribution in [0.4, 0.5) is 5.69 Å². The van der Waals surface area contributed by atoms with E-state index in [-0.39, 0.29) is 0 Å². The molecule has 1 aromatic rings. The van der Waals surface area contributed by atoms with E-state index in [1.807, 2.05) is 19.0 Å². The van der Waals surface area contributed by atoms with Gasteiger partial charge in [0.1, 0.15) is 0 Å². The van der Waals surface area contributed by atoms with Gasteiger partial charge < -0.3 is 10.2 Å². The number of anilines is 1. The first-order valence-corrected chi connectivity index (χ1v) is 4.58. The van der Waals surface area contributed by atoms with Gasteiger partial charge in [-0.1, -0.05) is 17.7 Å². The van der Waals surface area contributed by atoms with Crippen LogP contribution in [0.15, 0.2) is 24.3 Å². The highest BCUT2D eigenvalue weighted by Crippen LogP contribution is 2.12. The van der Waals surface area contributed by atoms with E-state index in [9.17, 15) is 0 Å². The Morgan fingerprint density at radius 1 is 1.31 bits per heavy atom. The van der Waals surface area contributed by atoms with Crippen LogP contribution < -0.4 is 10.2 Å². The third-order valence-electron chi connectivity index (χ3n) is 1.94. The molecule has 0 spiro atoms. The van der Waals surface area contributed by atoms with Crippen LogP contribution in [0.25, 0.3) is 0 Å². The van der Waals surface area contributed by atoms with Gasteiger partial charge in [-0.05, 0) is 31.3 Å². The van der Waals surface area contributed by atoms with Crippen molar-refractivity contribution in [3.05, 3.63) is 29.8 Å². The molecule has 0 aromatic heterocycles. The van der Waals surface area contributed by atoms with E-state index in [0.29, 0.717) is 0 Å². The summed E-state index contributed by atoms with van der Waals surface area (Å²) >= 11 is 5.11. The summed E-state index contributed by atoms with van der Waals surface area (Å²) in [5, 5.41) is 3.66. The molecule has 0 saturated carbocycles. The number of benzene rings is 1. The van der Waals surface area contributed by atoms with Gasteiger partial charge in [0.15, 0.2) is 5.11 Å². The number of rotatable bonds is 1. The molecule has 0 unspecified atom stereocenters. The molecule has 0 aliphatic heterocycles. The zero-order chi connectivity index (χ0) is 9.84. The van der Waals surface area contributed by atoms with Crippen LogP contribution >= 0.6 is 12.2 Å². The Kier molecular flexibility index (Phi) is 3.25. The van der Waals surface area contributed by atoms with E-state index in [0.717, 1.165) is 10.8 Å². The molecule has 0 bridgehead atoms. The predicted octanol–water partition coefficient (Wildman–Crippen LogP) is 1.94. The van der Waals surface area contributed by atoms with Crippen molar-refractivity contribution in [2.75, 3.05) is 19.0 Å². The summed E-state index contributed by atoms with van der Waals surface area (Å²) in [6, 6.07) is 8.26.